The molecule has 0 bridgehead atoms. The number of amides is 1. The maximum Gasteiger partial charge on any atom is 0.264 e. The molecule has 4 rings (SSSR count). The number of rotatable bonds is 6. The molecule has 0 radical (unpaired) electrons. The fourth-order valence-electron chi connectivity index (χ4n) is 3.90. The number of halogens is 1. The molecule has 0 unspecified atom stereocenters. The van der Waals surface area contributed by atoms with Gasteiger partial charge in [-0.15, -0.1) is 0 Å². The van der Waals surface area contributed by atoms with Gasteiger partial charge in [-0.05, 0) is 55.2 Å². The van der Waals surface area contributed by atoms with Gasteiger partial charge in [0.1, 0.15) is 0 Å². The first kappa shape index (κ1) is 22.4. The Labute approximate surface area is 194 Å². The van der Waals surface area contributed by atoms with E-state index in [-0.39, 0.29) is 17.3 Å². The summed E-state index contributed by atoms with van der Waals surface area (Å²) in [7, 11) is -3.98. The zero-order valence-corrected chi connectivity index (χ0v) is 19.2. The predicted octanol–water partition coefficient (Wildman–Crippen LogP) is 5.36. The third-order valence-corrected chi connectivity index (χ3v) is 7.68. The van der Waals surface area contributed by atoms with Crippen LogP contribution < -0.4 is 4.31 Å². The number of benzene rings is 3. The Hall–Kier alpha value is -2.83. The molecule has 0 saturated carbocycles. The predicted molar refractivity (Wildman–Crippen MR) is 127 cm³/mol. The lowest BCUT2D eigenvalue weighted by Crippen LogP contribution is -2.36. The highest BCUT2D eigenvalue weighted by atomic mass is 35.5. The van der Waals surface area contributed by atoms with Crippen LogP contribution in [0.2, 0.25) is 5.02 Å². The largest absolute Gasteiger partial charge is 0.339 e. The van der Waals surface area contributed by atoms with Crippen molar-refractivity contribution >= 4 is 33.2 Å². The van der Waals surface area contributed by atoms with Crippen LogP contribution in [0.5, 0.6) is 0 Å². The molecule has 1 saturated heterocycles. The second-order valence-electron chi connectivity index (χ2n) is 7.83. The van der Waals surface area contributed by atoms with E-state index in [0.29, 0.717) is 29.4 Å². The Balaban J connectivity index is 1.72. The van der Waals surface area contributed by atoms with E-state index in [1.165, 1.54) is 16.4 Å². The van der Waals surface area contributed by atoms with E-state index in [0.717, 1.165) is 24.8 Å². The maximum atomic E-state index is 13.8. The summed E-state index contributed by atoms with van der Waals surface area (Å²) >= 11 is 6.40. The Kier molecular flexibility index (Phi) is 6.82. The van der Waals surface area contributed by atoms with Crippen LogP contribution in [0.3, 0.4) is 0 Å². The van der Waals surface area contributed by atoms with E-state index < -0.39 is 10.0 Å². The Morgan fingerprint density at radius 3 is 2.28 bits per heavy atom. The van der Waals surface area contributed by atoms with Crippen molar-refractivity contribution in [2.45, 2.75) is 30.7 Å². The standard InChI is InChI=1S/C25H25ClN2O3S/c26-23-14-5-6-15-24(23)28(19-20-10-3-1-4-11-20)32(30,31)22-13-9-12-21(18-22)25(29)27-16-7-2-8-17-27/h1,3-6,9-15,18H,2,7-8,16-17,19H2. The van der Waals surface area contributed by atoms with Crippen LogP contribution >= 0.6 is 11.6 Å². The molecule has 1 heterocycles. The maximum absolute atomic E-state index is 13.8. The van der Waals surface area contributed by atoms with Crippen molar-refractivity contribution in [2.24, 2.45) is 0 Å². The van der Waals surface area contributed by atoms with Gasteiger partial charge in [-0.3, -0.25) is 9.10 Å². The van der Waals surface area contributed by atoms with Crippen LogP contribution in [-0.4, -0.2) is 32.3 Å². The number of para-hydroxylation sites is 1. The van der Waals surface area contributed by atoms with Gasteiger partial charge >= 0.3 is 0 Å². The number of anilines is 1. The van der Waals surface area contributed by atoms with Crippen LogP contribution in [0.1, 0.15) is 35.2 Å². The zero-order chi connectivity index (χ0) is 22.6. The molecule has 0 N–H and O–H groups in total. The molecular weight excluding hydrogens is 444 g/mol. The minimum atomic E-state index is -3.98. The van der Waals surface area contributed by atoms with Crippen molar-refractivity contribution in [1.29, 1.82) is 0 Å². The lowest BCUT2D eigenvalue weighted by Gasteiger charge is -2.28. The van der Waals surface area contributed by atoms with Gasteiger partial charge in [-0.25, -0.2) is 8.42 Å². The normalized spacial score (nSPS) is 14.2. The SMILES string of the molecule is O=C(c1cccc(S(=O)(=O)N(Cc2ccccc2)c2ccccc2Cl)c1)N1CCCCC1. The molecule has 1 fully saturated rings. The Morgan fingerprint density at radius 1 is 0.875 bits per heavy atom. The summed E-state index contributed by atoms with van der Waals surface area (Å²) in [6.45, 7) is 1.53. The molecule has 0 spiro atoms. The highest BCUT2D eigenvalue weighted by Crippen LogP contribution is 2.32. The lowest BCUT2D eigenvalue weighted by molar-refractivity contribution is 0.0724. The van der Waals surface area contributed by atoms with Gasteiger partial charge in [0.05, 0.1) is 22.2 Å². The fraction of sp³-hybridized carbons (Fsp3) is 0.240. The lowest BCUT2D eigenvalue weighted by atomic mass is 10.1. The van der Waals surface area contributed by atoms with E-state index in [1.807, 2.05) is 30.3 Å². The highest BCUT2D eigenvalue weighted by molar-refractivity contribution is 7.92. The van der Waals surface area contributed by atoms with Crippen LogP contribution in [0.25, 0.3) is 0 Å². The van der Waals surface area contributed by atoms with Crippen LogP contribution in [0.15, 0.2) is 83.8 Å². The smallest absolute Gasteiger partial charge is 0.264 e. The first-order chi connectivity index (χ1) is 15.5. The number of hydrogen-bond donors (Lipinski definition) is 0. The van der Waals surface area contributed by atoms with E-state index in [1.54, 1.807) is 41.3 Å². The summed E-state index contributed by atoms with van der Waals surface area (Å²) in [6.07, 6.45) is 3.06. The molecule has 1 amide bonds. The topological polar surface area (TPSA) is 57.7 Å². The number of piperidine rings is 1. The zero-order valence-electron chi connectivity index (χ0n) is 17.7. The highest BCUT2D eigenvalue weighted by Gasteiger charge is 2.28. The van der Waals surface area contributed by atoms with Gasteiger partial charge in [-0.1, -0.05) is 60.1 Å². The van der Waals surface area contributed by atoms with Crippen molar-refractivity contribution in [2.75, 3.05) is 17.4 Å². The van der Waals surface area contributed by atoms with Gasteiger partial charge in [0.25, 0.3) is 15.9 Å². The van der Waals surface area contributed by atoms with E-state index in [9.17, 15) is 13.2 Å². The van der Waals surface area contributed by atoms with Gasteiger partial charge in [0.2, 0.25) is 0 Å². The van der Waals surface area contributed by atoms with E-state index in [4.69, 9.17) is 11.6 Å². The Bertz CT molecular complexity index is 1190. The number of sulfonamides is 1. The molecular formula is C25H25ClN2O3S. The molecule has 166 valence electrons. The molecule has 0 atom stereocenters. The minimum Gasteiger partial charge on any atom is -0.339 e. The summed E-state index contributed by atoms with van der Waals surface area (Å²) in [5, 5.41) is 0.340. The van der Waals surface area contributed by atoms with Crippen LogP contribution in [0, 0.1) is 0 Å². The molecule has 3 aromatic carbocycles. The molecule has 0 aromatic heterocycles. The molecule has 1 aliphatic heterocycles. The summed E-state index contributed by atoms with van der Waals surface area (Å²) < 4.78 is 28.9. The van der Waals surface area contributed by atoms with Crippen molar-refractivity contribution in [3.05, 3.63) is 95.0 Å². The summed E-state index contributed by atoms with van der Waals surface area (Å²) in [5.41, 5.74) is 1.61. The van der Waals surface area contributed by atoms with Gasteiger partial charge in [0.15, 0.2) is 0 Å². The molecule has 0 aliphatic carbocycles. The quantitative estimate of drug-likeness (QED) is 0.489. The van der Waals surface area contributed by atoms with E-state index >= 15 is 0 Å². The van der Waals surface area contributed by atoms with Gasteiger partial charge in [-0.2, -0.15) is 0 Å². The van der Waals surface area contributed by atoms with Crippen molar-refractivity contribution in [3.63, 3.8) is 0 Å². The second-order valence-corrected chi connectivity index (χ2v) is 10.1. The third-order valence-electron chi connectivity index (χ3n) is 5.60. The minimum absolute atomic E-state index is 0.0659. The number of hydrogen-bond acceptors (Lipinski definition) is 3. The van der Waals surface area contributed by atoms with Gasteiger partial charge < -0.3 is 4.90 Å². The third kappa shape index (κ3) is 4.81. The average Bonchev–Trinajstić information content (AvgIpc) is 2.84. The van der Waals surface area contributed by atoms with Gasteiger partial charge in [0, 0.05) is 18.7 Å². The fourth-order valence-corrected chi connectivity index (χ4v) is 5.71. The monoisotopic (exact) mass is 468 g/mol. The number of carbonyl (C=O) groups is 1. The van der Waals surface area contributed by atoms with Crippen molar-refractivity contribution < 1.29 is 13.2 Å². The summed E-state index contributed by atoms with van der Waals surface area (Å²) in [4.78, 5) is 14.8. The van der Waals surface area contributed by atoms with Crippen LogP contribution in [0.4, 0.5) is 5.69 Å². The van der Waals surface area contributed by atoms with Crippen molar-refractivity contribution in [3.8, 4) is 0 Å². The average molecular weight is 469 g/mol. The van der Waals surface area contributed by atoms with Crippen molar-refractivity contribution in [1.82, 2.24) is 4.90 Å². The number of likely N-dealkylation sites (tertiary alicyclic amines) is 1. The molecule has 5 nitrogen and oxygen atoms in total. The molecule has 1 aliphatic rings. The Morgan fingerprint density at radius 2 is 1.56 bits per heavy atom. The first-order valence-corrected chi connectivity index (χ1v) is 12.5. The molecule has 7 heteroatoms. The van der Waals surface area contributed by atoms with Crippen LogP contribution in [-0.2, 0) is 16.6 Å². The number of nitrogens with zero attached hydrogens (tertiary/aromatic N) is 2. The molecule has 32 heavy (non-hydrogen) atoms. The number of carbonyl (C=O) groups excluding carboxylic acids is 1. The summed E-state index contributed by atoms with van der Waals surface area (Å²) in [6, 6.07) is 22.5. The first-order valence-electron chi connectivity index (χ1n) is 10.7. The molecule has 3 aromatic rings. The van der Waals surface area contributed by atoms with E-state index in [2.05, 4.69) is 0 Å². The summed E-state index contributed by atoms with van der Waals surface area (Å²) in [5.74, 6) is -0.130. The second kappa shape index (κ2) is 9.76.